The highest BCUT2D eigenvalue weighted by atomic mass is 16.5. The molecule has 0 spiro atoms. The monoisotopic (exact) mass is 174 g/mol. The van der Waals surface area contributed by atoms with Crippen LogP contribution in [0.3, 0.4) is 0 Å². The molecule has 0 unspecified atom stereocenters. The van der Waals surface area contributed by atoms with Gasteiger partial charge in [0.05, 0.1) is 25.7 Å². The summed E-state index contributed by atoms with van der Waals surface area (Å²) in [5.74, 6) is -0.594. The Morgan fingerprint density at radius 2 is 2.42 bits per heavy atom. The van der Waals surface area contributed by atoms with Crippen molar-refractivity contribution in [3.63, 3.8) is 0 Å². The summed E-state index contributed by atoms with van der Waals surface area (Å²) >= 11 is 0. The van der Waals surface area contributed by atoms with Crippen molar-refractivity contribution in [3.8, 4) is 0 Å². The van der Waals surface area contributed by atoms with Gasteiger partial charge in [-0.2, -0.15) is 0 Å². The Hall–Kier alpha value is -0.610. The van der Waals surface area contributed by atoms with E-state index in [9.17, 15) is 9.90 Å². The third kappa shape index (κ3) is 2.46. The number of esters is 1. The van der Waals surface area contributed by atoms with E-state index in [4.69, 9.17) is 4.74 Å². The summed E-state index contributed by atoms with van der Waals surface area (Å²) in [4.78, 5) is 11.1. The van der Waals surface area contributed by atoms with Crippen LogP contribution < -0.4 is 0 Å². The molecule has 0 aliphatic carbocycles. The van der Waals surface area contributed by atoms with Crippen LogP contribution >= 0.6 is 0 Å². The quantitative estimate of drug-likeness (QED) is 0.566. The molecule has 0 radical (unpaired) electrons. The van der Waals surface area contributed by atoms with Crippen molar-refractivity contribution in [2.24, 2.45) is 5.92 Å². The Kier molecular flexibility index (Phi) is 3.49. The van der Waals surface area contributed by atoms with E-state index >= 15 is 0 Å². The van der Waals surface area contributed by atoms with Crippen LogP contribution in [0.15, 0.2) is 0 Å². The van der Waals surface area contributed by atoms with Gasteiger partial charge < -0.3 is 14.6 Å². The second kappa shape index (κ2) is 4.42. The van der Waals surface area contributed by atoms with Gasteiger partial charge >= 0.3 is 5.97 Å². The van der Waals surface area contributed by atoms with Gasteiger partial charge in [-0.1, -0.05) is 0 Å². The van der Waals surface area contributed by atoms with Gasteiger partial charge in [0.2, 0.25) is 0 Å². The van der Waals surface area contributed by atoms with E-state index in [1.54, 1.807) is 0 Å². The molecule has 4 heteroatoms. The van der Waals surface area contributed by atoms with Gasteiger partial charge in [-0.05, 0) is 12.8 Å². The molecule has 1 heterocycles. The molecule has 1 N–H and O–H groups in total. The molecule has 0 aromatic rings. The zero-order valence-electron chi connectivity index (χ0n) is 7.16. The summed E-state index contributed by atoms with van der Waals surface area (Å²) in [5, 5.41) is 9.32. The van der Waals surface area contributed by atoms with Gasteiger partial charge in [0, 0.05) is 6.61 Å². The number of aliphatic hydroxyl groups excluding tert-OH is 1. The summed E-state index contributed by atoms with van der Waals surface area (Å²) in [6.45, 7) is 0.887. The van der Waals surface area contributed by atoms with Crippen molar-refractivity contribution in [1.29, 1.82) is 0 Å². The number of aliphatic hydroxyl groups is 1. The van der Waals surface area contributed by atoms with Crippen LogP contribution in [0.5, 0.6) is 0 Å². The fourth-order valence-corrected chi connectivity index (χ4v) is 1.29. The normalized spacial score (nSPS) is 30.8. The van der Waals surface area contributed by atoms with Crippen molar-refractivity contribution in [2.45, 2.75) is 18.9 Å². The van der Waals surface area contributed by atoms with Crippen molar-refractivity contribution < 1.29 is 19.4 Å². The van der Waals surface area contributed by atoms with Gasteiger partial charge in [-0.25, -0.2) is 0 Å². The van der Waals surface area contributed by atoms with Gasteiger partial charge in [0.15, 0.2) is 0 Å². The lowest BCUT2D eigenvalue weighted by Gasteiger charge is -2.12. The molecule has 0 amide bonds. The Morgan fingerprint density at radius 3 is 3.08 bits per heavy atom. The first kappa shape index (κ1) is 9.48. The number of carbonyl (C=O) groups is 1. The Labute approximate surface area is 71.5 Å². The molecule has 0 bridgehead atoms. The maximum atomic E-state index is 11.1. The molecular formula is C8H14O4. The van der Waals surface area contributed by atoms with Crippen LogP contribution in [-0.2, 0) is 14.3 Å². The molecule has 0 aromatic heterocycles. The fraction of sp³-hybridized carbons (Fsp3) is 0.875. The van der Waals surface area contributed by atoms with Crippen molar-refractivity contribution >= 4 is 5.97 Å². The van der Waals surface area contributed by atoms with Crippen LogP contribution in [-0.4, -0.2) is 37.5 Å². The van der Waals surface area contributed by atoms with Crippen LogP contribution in [0.4, 0.5) is 0 Å². The maximum Gasteiger partial charge on any atom is 0.311 e. The second-order valence-corrected chi connectivity index (χ2v) is 2.97. The highest BCUT2D eigenvalue weighted by molar-refractivity contribution is 5.72. The lowest BCUT2D eigenvalue weighted by Crippen LogP contribution is -2.23. The Morgan fingerprint density at radius 1 is 1.67 bits per heavy atom. The van der Waals surface area contributed by atoms with Crippen molar-refractivity contribution in [2.75, 3.05) is 20.3 Å². The molecule has 1 fully saturated rings. The third-order valence-corrected chi connectivity index (χ3v) is 2.01. The van der Waals surface area contributed by atoms with Crippen LogP contribution in [0.2, 0.25) is 0 Å². The standard InChI is InChI=1S/C8H14O4/c1-11-8(10)6-4-7(9)2-3-12-5-6/h6-7,9H,2-5H2,1H3/t6-,7+/m0/s1. The lowest BCUT2D eigenvalue weighted by molar-refractivity contribution is -0.147. The van der Waals surface area contributed by atoms with Gasteiger partial charge in [-0.15, -0.1) is 0 Å². The highest BCUT2D eigenvalue weighted by Gasteiger charge is 2.25. The zero-order chi connectivity index (χ0) is 8.97. The first-order valence-electron chi connectivity index (χ1n) is 4.07. The smallest absolute Gasteiger partial charge is 0.311 e. The second-order valence-electron chi connectivity index (χ2n) is 2.97. The zero-order valence-corrected chi connectivity index (χ0v) is 7.16. The van der Waals surface area contributed by atoms with Crippen molar-refractivity contribution in [3.05, 3.63) is 0 Å². The highest BCUT2D eigenvalue weighted by Crippen LogP contribution is 2.15. The van der Waals surface area contributed by atoms with Crippen LogP contribution in [0, 0.1) is 5.92 Å². The minimum atomic E-state index is -0.434. The van der Waals surface area contributed by atoms with Gasteiger partial charge in [0.1, 0.15) is 0 Å². The van der Waals surface area contributed by atoms with Crippen molar-refractivity contribution in [1.82, 2.24) is 0 Å². The predicted molar refractivity (Wildman–Crippen MR) is 41.6 cm³/mol. The van der Waals surface area contributed by atoms with E-state index < -0.39 is 6.10 Å². The average Bonchev–Trinajstić information content (AvgIpc) is 2.28. The SMILES string of the molecule is COC(=O)[C@@H]1COCC[C@@H](O)C1. The van der Waals surface area contributed by atoms with Gasteiger partial charge in [0.25, 0.3) is 0 Å². The topological polar surface area (TPSA) is 55.8 Å². The molecule has 1 saturated heterocycles. The largest absolute Gasteiger partial charge is 0.469 e. The number of hydrogen-bond acceptors (Lipinski definition) is 4. The number of carbonyl (C=O) groups excluding carboxylic acids is 1. The minimum Gasteiger partial charge on any atom is -0.469 e. The minimum absolute atomic E-state index is 0.295. The molecule has 70 valence electrons. The molecule has 0 aromatic carbocycles. The van der Waals surface area contributed by atoms with Crippen LogP contribution in [0.1, 0.15) is 12.8 Å². The molecule has 1 aliphatic heterocycles. The number of hydrogen-bond donors (Lipinski definition) is 1. The average molecular weight is 174 g/mol. The third-order valence-electron chi connectivity index (χ3n) is 2.01. The molecule has 0 saturated carbocycles. The first-order valence-corrected chi connectivity index (χ1v) is 4.07. The number of methoxy groups -OCH3 is 1. The summed E-state index contributed by atoms with van der Waals surface area (Å²) in [5.41, 5.74) is 0. The number of rotatable bonds is 1. The number of ether oxygens (including phenoxy) is 2. The fourth-order valence-electron chi connectivity index (χ4n) is 1.29. The van der Waals surface area contributed by atoms with E-state index in [1.165, 1.54) is 7.11 Å². The summed E-state index contributed by atoms with van der Waals surface area (Å²) in [7, 11) is 1.35. The Balaban J connectivity index is 2.46. The van der Waals surface area contributed by atoms with E-state index in [-0.39, 0.29) is 11.9 Å². The molecule has 2 atom stereocenters. The van der Waals surface area contributed by atoms with Gasteiger partial charge in [-0.3, -0.25) is 4.79 Å². The Bertz CT molecular complexity index is 157. The predicted octanol–water partition coefficient (Wildman–Crippen LogP) is -0.0531. The molecule has 1 aliphatic rings. The molecule has 12 heavy (non-hydrogen) atoms. The summed E-state index contributed by atoms with van der Waals surface area (Å²) in [6, 6.07) is 0. The van der Waals surface area contributed by atoms with E-state index in [0.717, 1.165) is 0 Å². The van der Waals surface area contributed by atoms with E-state index in [2.05, 4.69) is 4.74 Å². The molecular weight excluding hydrogens is 160 g/mol. The maximum absolute atomic E-state index is 11.1. The lowest BCUT2D eigenvalue weighted by atomic mass is 10.0. The van der Waals surface area contributed by atoms with E-state index in [1.807, 2.05) is 0 Å². The summed E-state index contributed by atoms with van der Waals surface area (Å²) in [6.07, 6.45) is 0.622. The molecule has 4 nitrogen and oxygen atoms in total. The van der Waals surface area contributed by atoms with E-state index in [0.29, 0.717) is 26.1 Å². The summed E-state index contributed by atoms with van der Waals surface area (Å²) < 4.78 is 9.70. The first-order chi connectivity index (χ1) is 5.74. The van der Waals surface area contributed by atoms with Crippen LogP contribution in [0.25, 0.3) is 0 Å². The molecule has 1 rings (SSSR count).